The fourth-order valence-electron chi connectivity index (χ4n) is 11.9. The average molecular weight is 1190 g/mol. The molecule has 0 aliphatic carbocycles. The quantitative estimate of drug-likeness (QED) is 0.0386. The van der Waals surface area contributed by atoms with Gasteiger partial charge in [0.15, 0.2) is 9.84 Å². The number of Topliss-reactive ketones (excluding diaryl/α,β-unsaturated/α-hetero) is 1. The maximum atomic E-state index is 15.4. The number of nitrogens with one attached hydrogen (secondary N) is 3. The smallest absolute Gasteiger partial charge is 0.314 e. The van der Waals surface area contributed by atoms with Gasteiger partial charge in [0.05, 0.1) is 35.4 Å². The normalized spacial score (nSPS) is 20.2. The largest absolute Gasteiger partial charge is 0.380 e. The third-order valence-corrected chi connectivity index (χ3v) is 19.9. The summed E-state index contributed by atoms with van der Waals surface area (Å²) in [4.78, 5) is 33.5. The molecule has 4 heterocycles. The Labute approximate surface area is 482 Å². The summed E-state index contributed by atoms with van der Waals surface area (Å²) in [5, 5.41) is 6.79. The molecule has 0 bridgehead atoms. The molecule has 4 aromatic rings. The Morgan fingerprint density at radius 3 is 1.81 bits per heavy atom. The molecule has 21 heteroatoms. The molecule has 2 fully saturated rings. The number of benzene rings is 4. The predicted molar refractivity (Wildman–Crippen MR) is 309 cm³/mol. The van der Waals surface area contributed by atoms with E-state index in [4.69, 9.17) is 32.7 Å². The fourth-order valence-corrected chi connectivity index (χ4v) is 15.4. The van der Waals surface area contributed by atoms with Crippen LogP contribution in [-0.4, -0.2) is 166 Å². The van der Waals surface area contributed by atoms with E-state index in [0.29, 0.717) is 139 Å². The lowest BCUT2D eigenvalue weighted by Gasteiger charge is -2.34. The molecule has 2 amide bonds. The fraction of sp³-hybridized carbons (Fsp3) is 0.559. The number of ketones is 1. The first-order valence-corrected chi connectivity index (χ1v) is 32.0. The minimum Gasteiger partial charge on any atom is -0.380 e. The minimum atomic E-state index is -3.93. The number of ether oxygens (including phenoxy) is 2. The SMILES string of the molecule is Cc1cc(Cl)cc2c1CN(C)CC2c1cc(S(=O)(=O)C[C@H]2CCN(CCOCCCC(=O)CCCCCNC(=O)NCCOCCN3CC[C@H](NS(=O)(=O)c4ccc(F)c(C5CN(C)Cc6c(C)cc(Cl)cc65)c4)C3)C2)ccc1F. The lowest BCUT2D eigenvalue weighted by Crippen LogP contribution is -2.38. The van der Waals surface area contributed by atoms with Gasteiger partial charge in [0.25, 0.3) is 0 Å². The molecule has 0 radical (unpaired) electrons. The number of halogens is 4. The van der Waals surface area contributed by atoms with Crippen LogP contribution in [0.1, 0.15) is 108 Å². The van der Waals surface area contributed by atoms with Gasteiger partial charge in [0, 0.05) is 113 Å². The molecule has 4 atom stereocenters. The van der Waals surface area contributed by atoms with Crippen LogP contribution in [0.4, 0.5) is 13.6 Å². The number of urea groups is 1. The highest BCUT2D eigenvalue weighted by Gasteiger charge is 2.34. The summed E-state index contributed by atoms with van der Waals surface area (Å²) in [6, 6.07) is 15.2. The zero-order chi connectivity index (χ0) is 57.1. The van der Waals surface area contributed by atoms with Crippen molar-refractivity contribution >= 4 is 54.9 Å². The minimum absolute atomic E-state index is 0.00609. The highest BCUT2D eigenvalue weighted by atomic mass is 35.5. The van der Waals surface area contributed by atoms with Crippen molar-refractivity contribution in [2.45, 2.75) is 106 Å². The van der Waals surface area contributed by atoms with Crippen molar-refractivity contribution in [1.82, 2.24) is 35.0 Å². The van der Waals surface area contributed by atoms with Crippen molar-refractivity contribution < 1.29 is 44.7 Å². The van der Waals surface area contributed by atoms with E-state index in [0.717, 1.165) is 72.2 Å². The third kappa shape index (κ3) is 16.8. The number of fused-ring (bicyclic) bond motifs is 2. The Morgan fingerprint density at radius 1 is 0.625 bits per heavy atom. The summed E-state index contributed by atoms with van der Waals surface area (Å²) in [6.45, 7) is 12.9. The Balaban J connectivity index is 0.619. The van der Waals surface area contributed by atoms with Crippen LogP contribution in [0, 0.1) is 31.4 Å². The Morgan fingerprint density at radius 2 is 1.18 bits per heavy atom. The number of hydrogen-bond acceptors (Lipinski definition) is 12. The first-order chi connectivity index (χ1) is 38.2. The van der Waals surface area contributed by atoms with E-state index < -0.39 is 31.5 Å². The monoisotopic (exact) mass is 1190 g/mol. The van der Waals surface area contributed by atoms with Gasteiger partial charge in [0.1, 0.15) is 17.4 Å². The number of amides is 2. The van der Waals surface area contributed by atoms with Gasteiger partial charge in [-0.3, -0.25) is 9.69 Å². The molecule has 0 saturated carbocycles. The van der Waals surface area contributed by atoms with Crippen molar-refractivity contribution in [2.75, 3.05) is 112 Å². The summed E-state index contributed by atoms with van der Waals surface area (Å²) in [6.07, 6.45) is 5.25. The topological polar surface area (TPSA) is 170 Å². The average Bonchev–Trinajstić information content (AvgIpc) is 4.06. The van der Waals surface area contributed by atoms with Gasteiger partial charge in [-0.1, -0.05) is 29.6 Å². The van der Waals surface area contributed by atoms with E-state index in [9.17, 15) is 26.4 Å². The molecule has 2 unspecified atom stereocenters. The summed E-state index contributed by atoms with van der Waals surface area (Å²) in [5.41, 5.74) is 6.80. The molecule has 2 saturated heterocycles. The van der Waals surface area contributed by atoms with Gasteiger partial charge in [-0.2, -0.15) is 0 Å². The van der Waals surface area contributed by atoms with Crippen LogP contribution in [0.5, 0.6) is 0 Å². The summed E-state index contributed by atoms with van der Waals surface area (Å²) in [7, 11) is -3.65. The Bertz CT molecular complexity index is 2850. The molecule has 4 aliphatic heterocycles. The number of aryl methyl sites for hydroxylation is 2. The van der Waals surface area contributed by atoms with Crippen LogP contribution in [0.3, 0.4) is 0 Å². The van der Waals surface area contributed by atoms with Crippen molar-refractivity contribution in [2.24, 2.45) is 5.92 Å². The van der Waals surface area contributed by atoms with Gasteiger partial charge in [-0.05, 0) is 184 Å². The number of sulfonamides is 1. The molecule has 3 N–H and O–H groups in total. The van der Waals surface area contributed by atoms with Crippen molar-refractivity contribution in [3.63, 3.8) is 0 Å². The van der Waals surface area contributed by atoms with Gasteiger partial charge in [0.2, 0.25) is 10.0 Å². The molecule has 15 nitrogen and oxygen atoms in total. The van der Waals surface area contributed by atoms with Crippen molar-refractivity contribution in [1.29, 1.82) is 0 Å². The lowest BCUT2D eigenvalue weighted by molar-refractivity contribution is -0.119. The summed E-state index contributed by atoms with van der Waals surface area (Å²) in [5.74, 6) is -1.45. The van der Waals surface area contributed by atoms with Crippen LogP contribution in [0.15, 0.2) is 70.5 Å². The van der Waals surface area contributed by atoms with Crippen LogP contribution in [0.2, 0.25) is 10.0 Å². The first kappa shape index (κ1) is 61.9. The molecule has 4 aromatic carbocycles. The zero-order valence-electron chi connectivity index (χ0n) is 46.6. The molecule has 0 spiro atoms. The number of carbonyl (C=O) groups excluding carboxylic acids is 2. The van der Waals surface area contributed by atoms with Gasteiger partial charge in [-0.25, -0.2) is 35.1 Å². The second-order valence-electron chi connectivity index (χ2n) is 22.5. The second kappa shape index (κ2) is 28.4. The molecule has 8 rings (SSSR count). The number of likely N-dealkylation sites (tertiary alicyclic amines) is 2. The lowest BCUT2D eigenvalue weighted by atomic mass is 9.83. The maximum Gasteiger partial charge on any atom is 0.314 e. The summed E-state index contributed by atoms with van der Waals surface area (Å²) >= 11 is 12.8. The number of nitrogens with zero attached hydrogens (tertiary/aromatic N) is 4. The van der Waals surface area contributed by atoms with Crippen LogP contribution < -0.4 is 15.4 Å². The molecule has 438 valence electrons. The number of unbranched alkanes of at least 4 members (excludes halogenated alkanes) is 2. The van der Waals surface area contributed by atoms with E-state index in [1.54, 1.807) is 0 Å². The van der Waals surface area contributed by atoms with E-state index >= 15 is 8.78 Å². The molecule has 80 heavy (non-hydrogen) atoms. The van der Waals surface area contributed by atoms with E-state index in [-0.39, 0.29) is 51.2 Å². The molecular weight excluding hydrogens is 1110 g/mol. The van der Waals surface area contributed by atoms with Gasteiger partial charge in [-0.15, -0.1) is 0 Å². The first-order valence-electron chi connectivity index (χ1n) is 28.2. The van der Waals surface area contributed by atoms with Gasteiger partial charge < -0.3 is 34.8 Å². The molecule has 0 aromatic heterocycles. The Kier molecular flexibility index (Phi) is 22.0. The molecule has 4 aliphatic rings. The number of hydrogen-bond donors (Lipinski definition) is 3. The maximum absolute atomic E-state index is 15.4. The number of likely N-dealkylation sites (N-methyl/N-ethyl adjacent to an activating group) is 2. The van der Waals surface area contributed by atoms with Gasteiger partial charge >= 0.3 is 6.03 Å². The number of rotatable bonds is 27. The standard InChI is InChI=1S/C59H79Cl2F2N7O8S2/c1-40-27-43(60)29-49-53(40)35-67(3)37-55(49)51-31-47(11-13-57(51)62)79(73,74)39-42-15-19-69(33-42)21-25-77-23-8-10-46(71)9-6-5-7-17-64-59(72)65-18-24-78-26-22-70-20-16-45(34-70)66-80(75,76)48-12-14-58(63)52(32-48)56-38-68(4)36-54-41(2)28-44(61)30-50(54)56/h11-14,27-32,42,45,55-56,66H,5-10,15-26,33-39H2,1-4H3,(H2,64,65,72)/t42-,45-,55?,56?/m0/s1. The van der Waals surface area contributed by atoms with E-state index in [2.05, 4.69) is 35.0 Å². The van der Waals surface area contributed by atoms with Crippen LogP contribution >= 0.6 is 23.2 Å². The third-order valence-electron chi connectivity index (χ3n) is 16.1. The van der Waals surface area contributed by atoms with E-state index in [1.807, 2.05) is 52.2 Å². The number of carbonyl (C=O) groups is 2. The highest BCUT2D eigenvalue weighted by molar-refractivity contribution is 7.91. The zero-order valence-corrected chi connectivity index (χ0v) is 49.8. The summed E-state index contributed by atoms with van der Waals surface area (Å²) < 4.78 is 99.8. The molecular formula is C59H79Cl2F2N7O8S2. The number of sulfone groups is 1. The second-order valence-corrected chi connectivity index (χ2v) is 27.1. The van der Waals surface area contributed by atoms with Crippen LogP contribution in [0.25, 0.3) is 0 Å². The highest BCUT2D eigenvalue weighted by Crippen LogP contribution is 2.40. The Hall–Kier alpha value is -4.12. The van der Waals surface area contributed by atoms with Crippen molar-refractivity contribution in [3.8, 4) is 0 Å². The van der Waals surface area contributed by atoms with Crippen LogP contribution in [-0.2, 0) is 47.2 Å². The predicted octanol–water partition coefficient (Wildman–Crippen LogP) is 8.43. The van der Waals surface area contributed by atoms with Crippen molar-refractivity contribution in [3.05, 3.63) is 127 Å². The van der Waals surface area contributed by atoms with E-state index in [1.165, 1.54) is 36.4 Å².